The van der Waals surface area contributed by atoms with E-state index in [1.54, 1.807) is 7.11 Å². The second kappa shape index (κ2) is 6.06. The van der Waals surface area contributed by atoms with Gasteiger partial charge in [0.15, 0.2) is 0 Å². The molecule has 2 fully saturated rings. The van der Waals surface area contributed by atoms with Crippen molar-refractivity contribution in [3.63, 3.8) is 0 Å². The van der Waals surface area contributed by atoms with E-state index in [9.17, 15) is 4.79 Å². The zero-order valence-electron chi connectivity index (χ0n) is 14.0. The maximum Gasteiger partial charge on any atom is 0.240 e. The highest BCUT2D eigenvalue weighted by Crippen LogP contribution is 2.37. The first-order valence-electron chi connectivity index (χ1n) is 8.69. The Kier molecular flexibility index (Phi) is 3.88. The second-order valence-corrected chi connectivity index (χ2v) is 6.75. The highest BCUT2D eigenvalue weighted by atomic mass is 16.5. The summed E-state index contributed by atoms with van der Waals surface area (Å²) >= 11 is 0. The molecule has 1 saturated heterocycles. The number of hydrogen-bond acceptors (Lipinski definition) is 4. The molecule has 4 rings (SSSR count). The number of amides is 1. The fourth-order valence-electron chi connectivity index (χ4n) is 4.17. The van der Waals surface area contributed by atoms with Crippen LogP contribution in [0.1, 0.15) is 31.4 Å². The van der Waals surface area contributed by atoms with Gasteiger partial charge in [-0.15, -0.1) is 0 Å². The van der Waals surface area contributed by atoms with Crippen molar-refractivity contribution < 1.29 is 9.53 Å². The number of piperazine rings is 1. The topological polar surface area (TPSA) is 54.5 Å². The summed E-state index contributed by atoms with van der Waals surface area (Å²) in [5, 5.41) is 4.13. The average molecular weight is 325 g/mol. The lowest BCUT2D eigenvalue weighted by Gasteiger charge is -2.43. The van der Waals surface area contributed by atoms with Gasteiger partial charge in [0.2, 0.25) is 5.91 Å². The predicted octanol–water partition coefficient (Wildman–Crippen LogP) is 2.49. The lowest BCUT2D eigenvalue weighted by atomic mass is 9.91. The molecule has 2 aliphatic rings. The minimum atomic E-state index is -0.324. The number of rotatable bonds is 3. The van der Waals surface area contributed by atoms with Crippen molar-refractivity contribution in [3.05, 3.63) is 36.0 Å². The summed E-state index contributed by atoms with van der Waals surface area (Å²) in [6, 6.07) is 10.1. The van der Waals surface area contributed by atoms with Crippen molar-refractivity contribution >= 4 is 16.8 Å². The molecule has 1 amide bonds. The number of para-hydroxylation sites is 1. The van der Waals surface area contributed by atoms with E-state index in [-0.39, 0.29) is 11.4 Å². The van der Waals surface area contributed by atoms with Crippen LogP contribution < -0.4 is 10.1 Å². The number of methoxy groups -OCH3 is 1. The van der Waals surface area contributed by atoms with Gasteiger partial charge in [-0.2, -0.15) is 0 Å². The molecule has 0 bridgehead atoms. The van der Waals surface area contributed by atoms with Crippen molar-refractivity contribution in [2.75, 3.05) is 20.2 Å². The molecule has 2 aromatic rings. The van der Waals surface area contributed by atoms with Crippen LogP contribution in [0.3, 0.4) is 0 Å². The standard InChI is InChI=1S/C19H23N3O2/c1-24-16-6-4-5-14-7-8-15(21-17(14)16)13-22-12-11-20-18(23)19(22)9-2-3-10-19/h4-8H,2-3,9-13H2,1H3,(H,20,23). The lowest BCUT2D eigenvalue weighted by Crippen LogP contribution is -2.63. The van der Waals surface area contributed by atoms with Crippen molar-refractivity contribution in [2.24, 2.45) is 0 Å². The molecule has 0 unspecified atom stereocenters. The number of hydrogen-bond donors (Lipinski definition) is 1. The fourth-order valence-corrected chi connectivity index (χ4v) is 4.17. The van der Waals surface area contributed by atoms with Crippen LogP contribution in [0.2, 0.25) is 0 Å². The molecule has 24 heavy (non-hydrogen) atoms. The molecule has 1 aliphatic heterocycles. The van der Waals surface area contributed by atoms with Gasteiger partial charge < -0.3 is 10.1 Å². The molecule has 0 atom stereocenters. The number of benzene rings is 1. The minimum Gasteiger partial charge on any atom is -0.494 e. The summed E-state index contributed by atoms with van der Waals surface area (Å²) in [6.07, 6.45) is 4.16. The SMILES string of the molecule is COc1cccc2ccc(CN3CCNC(=O)C34CCCC4)nc12. The molecule has 1 spiro atoms. The number of carbonyl (C=O) groups is 1. The molecule has 1 aliphatic carbocycles. The highest BCUT2D eigenvalue weighted by Gasteiger charge is 2.47. The van der Waals surface area contributed by atoms with Crippen LogP contribution in [0, 0.1) is 0 Å². The first-order chi connectivity index (χ1) is 11.7. The van der Waals surface area contributed by atoms with Gasteiger partial charge in [-0.05, 0) is 25.0 Å². The molecular weight excluding hydrogens is 302 g/mol. The molecule has 0 radical (unpaired) electrons. The van der Waals surface area contributed by atoms with Gasteiger partial charge in [-0.1, -0.05) is 31.0 Å². The normalized spacial score (nSPS) is 20.5. The van der Waals surface area contributed by atoms with Crippen molar-refractivity contribution in [1.82, 2.24) is 15.2 Å². The maximum atomic E-state index is 12.5. The number of carbonyl (C=O) groups excluding carboxylic acids is 1. The first-order valence-corrected chi connectivity index (χ1v) is 8.69. The van der Waals surface area contributed by atoms with Gasteiger partial charge in [-0.3, -0.25) is 9.69 Å². The monoisotopic (exact) mass is 325 g/mol. The Hall–Kier alpha value is -2.14. The number of pyridine rings is 1. The smallest absolute Gasteiger partial charge is 0.240 e. The molecule has 1 aromatic carbocycles. The Morgan fingerprint density at radius 1 is 1.25 bits per heavy atom. The minimum absolute atomic E-state index is 0.199. The Morgan fingerprint density at radius 3 is 2.88 bits per heavy atom. The van der Waals surface area contributed by atoms with E-state index in [2.05, 4.69) is 22.3 Å². The highest BCUT2D eigenvalue weighted by molar-refractivity contribution is 5.87. The van der Waals surface area contributed by atoms with Crippen LogP contribution in [0.15, 0.2) is 30.3 Å². The first kappa shape index (κ1) is 15.4. The van der Waals surface area contributed by atoms with Crippen LogP contribution in [0.25, 0.3) is 10.9 Å². The Morgan fingerprint density at radius 2 is 2.08 bits per heavy atom. The third-order valence-corrected chi connectivity index (χ3v) is 5.44. The van der Waals surface area contributed by atoms with Crippen LogP contribution in [-0.2, 0) is 11.3 Å². The third-order valence-electron chi connectivity index (χ3n) is 5.44. The molecular formula is C19H23N3O2. The molecule has 1 aromatic heterocycles. The molecule has 1 N–H and O–H groups in total. The molecule has 5 heteroatoms. The summed E-state index contributed by atoms with van der Waals surface area (Å²) < 4.78 is 5.44. The quantitative estimate of drug-likeness (QED) is 0.942. The van der Waals surface area contributed by atoms with Crippen molar-refractivity contribution in [2.45, 2.75) is 37.8 Å². The van der Waals surface area contributed by atoms with E-state index in [0.29, 0.717) is 6.54 Å². The summed E-state index contributed by atoms with van der Waals surface area (Å²) in [7, 11) is 1.67. The van der Waals surface area contributed by atoms with Gasteiger partial charge in [0.05, 0.1) is 12.8 Å². The Balaban J connectivity index is 1.67. The number of nitrogens with zero attached hydrogens (tertiary/aromatic N) is 2. The molecule has 126 valence electrons. The number of nitrogens with one attached hydrogen (secondary N) is 1. The van der Waals surface area contributed by atoms with E-state index in [0.717, 1.165) is 61.1 Å². The second-order valence-electron chi connectivity index (χ2n) is 6.75. The Labute approximate surface area is 142 Å². The van der Waals surface area contributed by atoms with E-state index < -0.39 is 0 Å². The van der Waals surface area contributed by atoms with Crippen molar-refractivity contribution in [3.8, 4) is 5.75 Å². The van der Waals surface area contributed by atoms with Crippen LogP contribution in [0.4, 0.5) is 0 Å². The number of fused-ring (bicyclic) bond motifs is 1. The fraction of sp³-hybridized carbons (Fsp3) is 0.474. The van der Waals surface area contributed by atoms with Gasteiger partial charge in [0, 0.05) is 25.0 Å². The molecule has 2 heterocycles. The van der Waals surface area contributed by atoms with Crippen molar-refractivity contribution in [1.29, 1.82) is 0 Å². The van der Waals surface area contributed by atoms with E-state index in [1.807, 2.05) is 18.2 Å². The average Bonchev–Trinajstić information content (AvgIpc) is 3.09. The van der Waals surface area contributed by atoms with E-state index in [4.69, 9.17) is 9.72 Å². The Bertz CT molecular complexity index is 768. The van der Waals surface area contributed by atoms with Gasteiger partial charge in [0.25, 0.3) is 0 Å². The maximum absolute atomic E-state index is 12.5. The molecule has 5 nitrogen and oxygen atoms in total. The zero-order valence-corrected chi connectivity index (χ0v) is 14.0. The van der Waals surface area contributed by atoms with Crippen LogP contribution in [0.5, 0.6) is 5.75 Å². The summed E-state index contributed by atoms with van der Waals surface area (Å²) in [6.45, 7) is 2.32. The van der Waals surface area contributed by atoms with Gasteiger partial charge in [0.1, 0.15) is 16.8 Å². The third kappa shape index (κ3) is 2.44. The van der Waals surface area contributed by atoms with E-state index >= 15 is 0 Å². The lowest BCUT2D eigenvalue weighted by molar-refractivity contribution is -0.137. The molecule has 1 saturated carbocycles. The van der Waals surface area contributed by atoms with Crippen LogP contribution in [-0.4, -0.2) is 41.5 Å². The summed E-state index contributed by atoms with van der Waals surface area (Å²) in [5.41, 5.74) is 1.56. The number of aromatic nitrogens is 1. The summed E-state index contributed by atoms with van der Waals surface area (Å²) in [5.74, 6) is 0.992. The predicted molar refractivity (Wildman–Crippen MR) is 92.9 cm³/mol. The number of ether oxygens (including phenoxy) is 1. The summed E-state index contributed by atoms with van der Waals surface area (Å²) in [4.78, 5) is 19.7. The van der Waals surface area contributed by atoms with Gasteiger partial charge >= 0.3 is 0 Å². The van der Waals surface area contributed by atoms with E-state index in [1.165, 1.54) is 0 Å². The largest absolute Gasteiger partial charge is 0.494 e. The van der Waals surface area contributed by atoms with Crippen LogP contribution >= 0.6 is 0 Å². The zero-order chi connectivity index (χ0) is 16.6. The van der Waals surface area contributed by atoms with Gasteiger partial charge in [-0.25, -0.2) is 4.98 Å².